The summed E-state index contributed by atoms with van der Waals surface area (Å²) in [6.45, 7) is 17.7. The van der Waals surface area contributed by atoms with Gasteiger partial charge in [0.2, 0.25) is 0 Å². The van der Waals surface area contributed by atoms with E-state index in [9.17, 15) is 4.79 Å². The van der Waals surface area contributed by atoms with Crippen LogP contribution in [0.2, 0.25) is 0 Å². The van der Waals surface area contributed by atoms with Gasteiger partial charge in [0, 0.05) is 22.1 Å². The number of rotatable bonds is 5. The molecule has 1 unspecified atom stereocenters. The maximum absolute atomic E-state index is 13.9. The minimum atomic E-state index is -1.34. The lowest BCUT2D eigenvalue weighted by Gasteiger charge is -2.45. The van der Waals surface area contributed by atoms with E-state index in [0.29, 0.717) is 11.3 Å². The normalized spacial score (nSPS) is 21.0. The van der Waals surface area contributed by atoms with E-state index in [2.05, 4.69) is 5.16 Å². The number of oxime groups is 1. The zero-order chi connectivity index (χ0) is 23.7. The van der Waals surface area contributed by atoms with E-state index in [-0.39, 0.29) is 5.78 Å². The number of carbonyl (C=O) groups excluding carboxylic acids is 1. The second kappa shape index (κ2) is 8.71. The van der Waals surface area contributed by atoms with Crippen molar-refractivity contribution in [1.29, 1.82) is 0 Å². The van der Waals surface area contributed by atoms with E-state index < -0.39 is 22.0 Å². The summed E-state index contributed by atoms with van der Waals surface area (Å²) in [5, 5.41) is 4.31. The third kappa shape index (κ3) is 5.52. The third-order valence-corrected chi connectivity index (χ3v) is 5.09. The molecule has 170 valence electrons. The summed E-state index contributed by atoms with van der Waals surface area (Å²) in [7, 11) is 1.52. The van der Waals surface area contributed by atoms with Crippen molar-refractivity contribution in [2.24, 2.45) is 16.0 Å². The Morgan fingerprint density at radius 2 is 1.52 bits per heavy atom. The van der Waals surface area contributed by atoms with E-state index in [1.54, 1.807) is 0 Å². The van der Waals surface area contributed by atoms with Crippen molar-refractivity contribution in [1.82, 2.24) is 0 Å². The SMILES string of the molecule is CO/N=C(/C1=CC(OOC(C)(C)C)(C(C)(C)C)C(=O)C(C(C)(C)C)=C1)c1ccccc1. The second-order valence-electron chi connectivity index (χ2n) is 11.0. The molecule has 0 spiro atoms. The Morgan fingerprint density at radius 1 is 0.935 bits per heavy atom. The van der Waals surface area contributed by atoms with E-state index in [1.165, 1.54) is 7.11 Å². The number of Topliss-reactive ketones (excluding diaryl/α,β-unsaturated/α-hetero) is 1. The number of ketones is 1. The average Bonchev–Trinajstić information content (AvgIpc) is 2.63. The molecule has 0 bridgehead atoms. The van der Waals surface area contributed by atoms with Crippen molar-refractivity contribution < 1.29 is 19.4 Å². The molecule has 1 aromatic rings. The first-order valence-corrected chi connectivity index (χ1v) is 10.7. The highest BCUT2D eigenvalue weighted by Crippen LogP contribution is 2.46. The first-order chi connectivity index (χ1) is 14.1. The van der Waals surface area contributed by atoms with Crippen LogP contribution in [0.3, 0.4) is 0 Å². The van der Waals surface area contributed by atoms with Crippen LogP contribution in [0.25, 0.3) is 0 Å². The van der Waals surface area contributed by atoms with Gasteiger partial charge in [0.25, 0.3) is 0 Å². The summed E-state index contributed by atoms with van der Waals surface area (Å²) < 4.78 is 0. The molecule has 5 nitrogen and oxygen atoms in total. The fraction of sp³-hybridized carbons (Fsp3) is 0.538. The third-order valence-electron chi connectivity index (χ3n) is 5.09. The Hall–Kier alpha value is -2.24. The standard InChI is InChI=1S/C26H37NO4/c1-23(2,3)20-16-19(21(27-29-10)18-14-12-11-13-15-18)17-26(22(20)28,24(4,5)6)31-30-25(7,8)9/h11-17H,1-10H3/b27-21+. The smallest absolute Gasteiger partial charge is 0.199 e. The molecule has 0 amide bonds. The van der Waals surface area contributed by atoms with Crippen LogP contribution in [0.4, 0.5) is 0 Å². The van der Waals surface area contributed by atoms with Crippen LogP contribution < -0.4 is 0 Å². The van der Waals surface area contributed by atoms with Gasteiger partial charge in [0.15, 0.2) is 11.4 Å². The van der Waals surface area contributed by atoms with Crippen molar-refractivity contribution in [2.45, 2.75) is 73.5 Å². The quantitative estimate of drug-likeness (QED) is 0.326. The predicted molar refractivity (Wildman–Crippen MR) is 125 cm³/mol. The van der Waals surface area contributed by atoms with Crippen molar-refractivity contribution in [3.05, 3.63) is 59.2 Å². The Kier molecular flexibility index (Phi) is 7.03. The lowest BCUT2D eigenvalue weighted by atomic mass is 9.64. The van der Waals surface area contributed by atoms with Crippen LogP contribution in [-0.2, 0) is 19.4 Å². The molecule has 1 aromatic carbocycles. The van der Waals surface area contributed by atoms with Crippen LogP contribution in [0, 0.1) is 10.8 Å². The molecular weight excluding hydrogens is 390 g/mol. The molecule has 1 atom stereocenters. The van der Waals surface area contributed by atoms with Crippen LogP contribution in [0.15, 0.2) is 58.8 Å². The zero-order valence-electron chi connectivity index (χ0n) is 20.6. The van der Waals surface area contributed by atoms with Crippen LogP contribution in [-0.4, -0.2) is 29.8 Å². The fourth-order valence-corrected chi connectivity index (χ4v) is 3.34. The van der Waals surface area contributed by atoms with E-state index in [4.69, 9.17) is 14.6 Å². The highest BCUT2D eigenvalue weighted by atomic mass is 17.2. The van der Waals surface area contributed by atoms with Gasteiger partial charge in [-0.2, -0.15) is 0 Å². The Morgan fingerprint density at radius 3 is 1.97 bits per heavy atom. The lowest BCUT2D eigenvalue weighted by molar-refractivity contribution is -0.397. The molecule has 0 aliphatic heterocycles. The summed E-state index contributed by atoms with van der Waals surface area (Å²) >= 11 is 0. The molecule has 0 radical (unpaired) electrons. The predicted octanol–water partition coefficient (Wildman–Crippen LogP) is 6.05. The Labute approximate surface area is 187 Å². The molecule has 1 aliphatic carbocycles. The minimum Gasteiger partial charge on any atom is -0.399 e. The molecule has 1 aliphatic rings. The number of allylic oxidation sites excluding steroid dienone is 2. The summed E-state index contributed by atoms with van der Waals surface area (Å²) in [4.78, 5) is 30.9. The van der Waals surface area contributed by atoms with Gasteiger partial charge in [0.05, 0.1) is 5.60 Å². The fourth-order valence-electron chi connectivity index (χ4n) is 3.34. The molecule has 0 saturated carbocycles. The summed E-state index contributed by atoms with van der Waals surface area (Å²) in [5.74, 6) is -0.106. The van der Waals surface area contributed by atoms with E-state index in [1.807, 2.05) is 105 Å². The van der Waals surface area contributed by atoms with E-state index >= 15 is 0 Å². The Bertz CT molecular complexity index is 890. The summed E-state index contributed by atoms with van der Waals surface area (Å²) in [6, 6.07) is 9.76. The lowest BCUT2D eigenvalue weighted by Crippen LogP contribution is -2.55. The van der Waals surface area contributed by atoms with Gasteiger partial charge in [-0.25, -0.2) is 9.78 Å². The maximum Gasteiger partial charge on any atom is 0.199 e. The van der Waals surface area contributed by atoms with Gasteiger partial charge in [-0.15, -0.1) is 0 Å². The maximum atomic E-state index is 13.9. The number of carbonyl (C=O) groups is 1. The molecule has 5 heteroatoms. The number of hydrogen-bond donors (Lipinski definition) is 0. The van der Waals surface area contributed by atoms with Crippen molar-refractivity contribution in [3.8, 4) is 0 Å². The molecule has 0 heterocycles. The molecule has 0 N–H and O–H groups in total. The number of hydrogen-bond acceptors (Lipinski definition) is 5. The second-order valence-corrected chi connectivity index (χ2v) is 11.0. The molecular formula is C26H37NO4. The Balaban J connectivity index is 2.81. The largest absolute Gasteiger partial charge is 0.399 e. The first kappa shape index (κ1) is 25.0. The van der Waals surface area contributed by atoms with Gasteiger partial charge in [-0.05, 0) is 38.3 Å². The number of benzene rings is 1. The number of nitrogens with zero attached hydrogens (tertiary/aromatic N) is 1. The van der Waals surface area contributed by atoms with Gasteiger partial charge in [-0.1, -0.05) is 77.0 Å². The zero-order valence-corrected chi connectivity index (χ0v) is 20.6. The van der Waals surface area contributed by atoms with Gasteiger partial charge in [0.1, 0.15) is 12.8 Å². The highest BCUT2D eigenvalue weighted by molar-refractivity contribution is 6.18. The molecule has 31 heavy (non-hydrogen) atoms. The summed E-state index contributed by atoms with van der Waals surface area (Å²) in [5.41, 5.74) is -0.0105. The topological polar surface area (TPSA) is 57.1 Å². The van der Waals surface area contributed by atoms with Crippen LogP contribution >= 0.6 is 0 Å². The molecule has 2 rings (SSSR count). The van der Waals surface area contributed by atoms with Gasteiger partial charge < -0.3 is 4.84 Å². The van der Waals surface area contributed by atoms with Crippen molar-refractivity contribution in [3.63, 3.8) is 0 Å². The van der Waals surface area contributed by atoms with Crippen molar-refractivity contribution in [2.75, 3.05) is 7.11 Å². The monoisotopic (exact) mass is 427 g/mol. The van der Waals surface area contributed by atoms with Gasteiger partial charge >= 0.3 is 0 Å². The molecule has 0 fully saturated rings. The van der Waals surface area contributed by atoms with Crippen LogP contribution in [0.1, 0.15) is 67.9 Å². The molecule has 0 saturated heterocycles. The average molecular weight is 428 g/mol. The molecule has 0 aromatic heterocycles. The van der Waals surface area contributed by atoms with Crippen molar-refractivity contribution >= 4 is 11.5 Å². The first-order valence-electron chi connectivity index (χ1n) is 10.7. The van der Waals surface area contributed by atoms with Gasteiger partial charge in [-0.3, -0.25) is 4.79 Å². The highest BCUT2D eigenvalue weighted by Gasteiger charge is 2.54. The van der Waals surface area contributed by atoms with Crippen LogP contribution in [0.5, 0.6) is 0 Å². The minimum absolute atomic E-state index is 0.106. The van der Waals surface area contributed by atoms with E-state index in [0.717, 1.165) is 11.1 Å². The summed E-state index contributed by atoms with van der Waals surface area (Å²) in [6.07, 6.45) is 3.73.